The molecule has 0 fully saturated rings. The summed E-state index contributed by atoms with van der Waals surface area (Å²) in [5.74, 6) is -1.19. The van der Waals surface area contributed by atoms with E-state index in [1.807, 2.05) is 6.92 Å². The van der Waals surface area contributed by atoms with Crippen molar-refractivity contribution in [2.24, 2.45) is 0 Å². The molecule has 4 N–H and O–H groups in total. The van der Waals surface area contributed by atoms with Gasteiger partial charge in [-0.3, -0.25) is 0 Å². The minimum absolute atomic E-state index is 0.216. The van der Waals surface area contributed by atoms with Gasteiger partial charge < -0.3 is 20.9 Å². The van der Waals surface area contributed by atoms with Crippen LogP contribution in [0.3, 0.4) is 0 Å². The zero-order valence-electron chi connectivity index (χ0n) is 11.7. The van der Waals surface area contributed by atoms with Crippen LogP contribution in [-0.2, 0) is 14.3 Å². The molecule has 1 rings (SSSR count). The molecule has 1 atom stereocenters. The molecular weight excluding hydrogens is 260 g/mol. The molecular formula is C14H20N2O4. The van der Waals surface area contributed by atoms with Gasteiger partial charge in [0.2, 0.25) is 0 Å². The lowest BCUT2D eigenvalue weighted by molar-refractivity contribution is -0.153. The monoisotopic (exact) mass is 280 g/mol. The second kappa shape index (κ2) is 7.37. The summed E-state index contributed by atoms with van der Waals surface area (Å²) in [5, 5.41) is 0. The number of rotatable bonds is 6. The number of carbonyl (C=O) groups excluding carboxylic acids is 2. The first-order valence-corrected chi connectivity index (χ1v) is 6.51. The number of nitrogens with two attached hydrogens (primary N) is 2. The molecule has 0 aliphatic rings. The van der Waals surface area contributed by atoms with E-state index in [-0.39, 0.29) is 12.2 Å². The number of ether oxygens (including phenoxy) is 2. The number of carbonyl (C=O) groups is 2. The highest BCUT2D eigenvalue weighted by molar-refractivity contribution is 5.93. The molecule has 20 heavy (non-hydrogen) atoms. The number of esters is 2. The molecule has 0 saturated carbocycles. The van der Waals surface area contributed by atoms with Crippen LogP contribution in [0.2, 0.25) is 0 Å². The Kier molecular flexibility index (Phi) is 5.83. The molecule has 6 nitrogen and oxygen atoms in total. The molecule has 0 heterocycles. The molecule has 0 bridgehead atoms. The first kappa shape index (κ1) is 15.8. The second-order valence-corrected chi connectivity index (χ2v) is 4.32. The Morgan fingerprint density at radius 2 is 1.75 bits per heavy atom. The highest BCUT2D eigenvalue weighted by Crippen LogP contribution is 2.16. The molecule has 6 heteroatoms. The summed E-state index contributed by atoms with van der Waals surface area (Å²) in [6.45, 7) is 3.82. The fourth-order valence-electron chi connectivity index (χ4n) is 1.71. The number of hydrogen-bond donors (Lipinski definition) is 2. The summed E-state index contributed by atoms with van der Waals surface area (Å²) >= 11 is 0. The van der Waals surface area contributed by atoms with Crippen molar-refractivity contribution in [3.8, 4) is 0 Å². The summed E-state index contributed by atoms with van der Waals surface area (Å²) in [5.41, 5.74) is 12.2. The largest absolute Gasteiger partial charge is 0.463 e. The van der Waals surface area contributed by atoms with Gasteiger partial charge in [-0.05, 0) is 31.5 Å². The van der Waals surface area contributed by atoms with Gasteiger partial charge in [-0.1, -0.05) is 13.3 Å². The molecule has 0 spiro atoms. The minimum atomic E-state index is -0.907. The molecule has 110 valence electrons. The van der Waals surface area contributed by atoms with E-state index in [4.69, 9.17) is 20.9 Å². The molecule has 0 radical (unpaired) electrons. The van der Waals surface area contributed by atoms with E-state index in [1.165, 1.54) is 18.2 Å². The van der Waals surface area contributed by atoms with E-state index in [2.05, 4.69) is 0 Å². The fourth-order valence-corrected chi connectivity index (χ4v) is 1.71. The highest BCUT2D eigenvalue weighted by atomic mass is 16.6. The summed E-state index contributed by atoms with van der Waals surface area (Å²) in [6.07, 6.45) is 0.188. The van der Waals surface area contributed by atoms with Crippen molar-refractivity contribution < 1.29 is 19.1 Å². The second-order valence-electron chi connectivity index (χ2n) is 4.32. The van der Waals surface area contributed by atoms with Gasteiger partial charge in [-0.25, -0.2) is 9.59 Å². The van der Waals surface area contributed by atoms with Crippen LogP contribution in [0.25, 0.3) is 0 Å². The first-order chi connectivity index (χ1) is 9.47. The van der Waals surface area contributed by atoms with Crippen LogP contribution in [0.15, 0.2) is 18.2 Å². The van der Waals surface area contributed by atoms with Crippen molar-refractivity contribution >= 4 is 23.3 Å². The van der Waals surface area contributed by atoms with Crippen molar-refractivity contribution in [2.45, 2.75) is 32.8 Å². The van der Waals surface area contributed by atoms with Gasteiger partial charge in [0.05, 0.1) is 12.2 Å². The van der Waals surface area contributed by atoms with Crippen LogP contribution in [0.5, 0.6) is 0 Å². The lowest BCUT2D eigenvalue weighted by atomic mass is 10.1. The lowest BCUT2D eigenvalue weighted by Gasteiger charge is -2.16. The summed E-state index contributed by atoms with van der Waals surface area (Å²) in [4.78, 5) is 23.7. The Morgan fingerprint density at radius 1 is 1.15 bits per heavy atom. The van der Waals surface area contributed by atoms with E-state index in [1.54, 1.807) is 6.92 Å². The molecule has 0 saturated heterocycles. The Bertz CT molecular complexity index is 468. The van der Waals surface area contributed by atoms with Gasteiger partial charge in [0.1, 0.15) is 0 Å². The van der Waals surface area contributed by atoms with Crippen LogP contribution >= 0.6 is 0 Å². The molecule has 0 aliphatic heterocycles. The number of anilines is 2. The van der Waals surface area contributed by atoms with E-state index >= 15 is 0 Å². The lowest BCUT2D eigenvalue weighted by Crippen LogP contribution is -2.29. The smallest absolute Gasteiger partial charge is 0.347 e. The van der Waals surface area contributed by atoms with Crippen LogP contribution in [-0.4, -0.2) is 24.6 Å². The van der Waals surface area contributed by atoms with Gasteiger partial charge in [-0.15, -0.1) is 0 Å². The van der Waals surface area contributed by atoms with Crippen molar-refractivity contribution in [1.29, 1.82) is 0 Å². The van der Waals surface area contributed by atoms with Crippen molar-refractivity contribution in [3.05, 3.63) is 23.8 Å². The molecule has 0 amide bonds. The predicted molar refractivity (Wildman–Crippen MR) is 76.0 cm³/mol. The van der Waals surface area contributed by atoms with Gasteiger partial charge in [-0.2, -0.15) is 0 Å². The maximum atomic E-state index is 12.0. The SMILES string of the molecule is CCCC(OC(=O)c1cc(N)cc(N)c1)C(=O)OCC. The first-order valence-electron chi connectivity index (χ1n) is 6.51. The van der Waals surface area contributed by atoms with E-state index in [0.717, 1.165) is 0 Å². The third-order valence-electron chi connectivity index (χ3n) is 2.56. The maximum absolute atomic E-state index is 12.0. The normalized spacial score (nSPS) is 11.7. The third kappa shape index (κ3) is 4.46. The molecule has 1 aromatic carbocycles. The zero-order chi connectivity index (χ0) is 15.1. The molecule has 1 unspecified atom stereocenters. The zero-order valence-corrected chi connectivity index (χ0v) is 11.7. The summed E-state index contributed by atoms with van der Waals surface area (Å²) in [6, 6.07) is 4.44. The third-order valence-corrected chi connectivity index (χ3v) is 2.56. The molecule has 0 aliphatic carbocycles. The van der Waals surface area contributed by atoms with Gasteiger partial charge in [0, 0.05) is 11.4 Å². The van der Waals surface area contributed by atoms with Crippen molar-refractivity contribution in [3.63, 3.8) is 0 Å². The Morgan fingerprint density at radius 3 is 2.25 bits per heavy atom. The van der Waals surface area contributed by atoms with Gasteiger partial charge in [0.25, 0.3) is 0 Å². The van der Waals surface area contributed by atoms with Crippen LogP contribution in [0, 0.1) is 0 Å². The topological polar surface area (TPSA) is 105 Å². The Labute approximate surface area is 118 Å². The standard InChI is InChI=1S/C14H20N2O4/c1-3-5-12(14(18)19-4-2)20-13(17)9-6-10(15)8-11(16)7-9/h6-8,12H,3-5,15-16H2,1-2H3. The Balaban J connectivity index is 2.82. The summed E-state index contributed by atoms with van der Waals surface area (Å²) < 4.78 is 10.1. The van der Waals surface area contributed by atoms with Crippen molar-refractivity contribution in [2.75, 3.05) is 18.1 Å². The van der Waals surface area contributed by atoms with Gasteiger partial charge >= 0.3 is 11.9 Å². The Hall–Kier alpha value is -2.24. The number of benzene rings is 1. The number of nitrogen functional groups attached to an aromatic ring is 2. The maximum Gasteiger partial charge on any atom is 0.347 e. The molecule has 0 aromatic heterocycles. The minimum Gasteiger partial charge on any atom is -0.463 e. The average molecular weight is 280 g/mol. The predicted octanol–water partition coefficient (Wildman–Crippen LogP) is 1.74. The van der Waals surface area contributed by atoms with Gasteiger partial charge in [0.15, 0.2) is 6.10 Å². The highest BCUT2D eigenvalue weighted by Gasteiger charge is 2.24. The average Bonchev–Trinajstić information content (AvgIpc) is 2.37. The molecule has 1 aromatic rings. The van der Waals surface area contributed by atoms with Crippen LogP contribution < -0.4 is 11.5 Å². The van der Waals surface area contributed by atoms with Crippen LogP contribution in [0.4, 0.5) is 11.4 Å². The van der Waals surface area contributed by atoms with E-state index in [0.29, 0.717) is 24.2 Å². The van der Waals surface area contributed by atoms with E-state index < -0.39 is 18.0 Å². The summed E-state index contributed by atoms with van der Waals surface area (Å²) in [7, 11) is 0. The van der Waals surface area contributed by atoms with E-state index in [9.17, 15) is 9.59 Å². The number of hydrogen-bond acceptors (Lipinski definition) is 6. The quantitative estimate of drug-likeness (QED) is 0.607. The van der Waals surface area contributed by atoms with Crippen molar-refractivity contribution in [1.82, 2.24) is 0 Å². The fraction of sp³-hybridized carbons (Fsp3) is 0.429. The van der Waals surface area contributed by atoms with Crippen LogP contribution in [0.1, 0.15) is 37.0 Å².